The minimum absolute atomic E-state index is 0.490. The Labute approximate surface area is 151 Å². The van der Waals surface area contributed by atoms with Gasteiger partial charge >= 0.3 is 0 Å². The summed E-state index contributed by atoms with van der Waals surface area (Å²) in [7, 11) is 0. The molecule has 2 rings (SSSR count). The van der Waals surface area contributed by atoms with Gasteiger partial charge in [0.25, 0.3) is 0 Å². The van der Waals surface area contributed by atoms with Crippen LogP contribution in [0.25, 0.3) is 0 Å². The molecule has 1 nitrogen and oxygen atoms in total. The topological polar surface area (TPSA) is 12.0 Å². The molecular formula is C18H27BrIN. The van der Waals surface area contributed by atoms with E-state index < -0.39 is 0 Å². The highest BCUT2D eigenvalue weighted by molar-refractivity contribution is 14.1. The highest BCUT2D eigenvalue weighted by atomic mass is 127. The third kappa shape index (κ3) is 4.68. The van der Waals surface area contributed by atoms with Crippen molar-refractivity contribution in [2.75, 3.05) is 6.54 Å². The van der Waals surface area contributed by atoms with Gasteiger partial charge in [-0.3, -0.25) is 0 Å². The minimum atomic E-state index is 0.490. The van der Waals surface area contributed by atoms with Crippen LogP contribution >= 0.6 is 38.5 Å². The molecule has 3 heteroatoms. The van der Waals surface area contributed by atoms with Crippen molar-refractivity contribution in [1.29, 1.82) is 0 Å². The van der Waals surface area contributed by atoms with Gasteiger partial charge in [0.1, 0.15) is 0 Å². The Kier molecular flexibility index (Phi) is 7.01. The monoisotopic (exact) mass is 463 g/mol. The van der Waals surface area contributed by atoms with Crippen molar-refractivity contribution in [3.05, 3.63) is 31.8 Å². The normalized spacial score (nSPS) is 27.6. The Hall–Kier alpha value is 0.390. The molecule has 0 aliphatic heterocycles. The fraction of sp³-hybridized carbons (Fsp3) is 0.667. The molecule has 0 aromatic heterocycles. The average Bonchev–Trinajstić information content (AvgIpc) is 2.46. The number of hydrogen-bond acceptors (Lipinski definition) is 1. The van der Waals surface area contributed by atoms with Crippen LogP contribution < -0.4 is 5.32 Å². The number of benzene rings is 1. The van der Waals surface area contributed by atoms with Gasteiger partial charge in [-0.2, -0.15) is 0 Å². The summed E-state index contributed by atoms with van der Waals surface area (Å²) in [6.07, 6.45) is 5.26. The predicted octanol–water partition coefficient (Wildman–Crippen LogP) is 6.17. The van der Waals surface area contributed by atoms with Crippen molar-refractivity contribution >= 4 is 38.5 Å². The Bertz CT molecular complexity index is 463. The van der Waals surface area contributed by atoms with Crippen LogP contribution in [0, 0.1) is 21.3 Å². The molecule has 4 atom stereocenters. The van der Waals surface area contributed by atoms with Crippen LogP contribution in [-0.2, 0) is 0 Å². The van der Waals surface area contributed by atoms with Crippen LogP contribution in [0.2, 0.25) is 0 Å². The van der Waals surface area contributed by atoms with Crippen LogP contribution in [-0.4, -0.2) is 6.54 Å². The van der Waals surface area contributed by atoms with Crippen LogP contribution in [0.1, 0.15) is 58.1 Å². The van der Waals surface area contributed by atoms with Crippen molar-refractivity contribution < 1.29 is 0 Å². The summed E-state index contributed by atoms with van der Waals surface area (Å²) in [6, 6.07) is 7.22. The Morgan fingerprint density at radius 1 is 1.29 bits per heavy atom. The quantitative estimate of drug-likeness (QED) is 0.515. The lowest BCUT2D eigenvalue weighted by molar-refractivity contribution is 0.171. The van der Waals surface area contributed by atoms with Crippen LogP contribution in [0.3, 0.4) is 0 Å². The molecule has 1 aliphatic carbocycles. The summed E-state index contributed by atoms with van der Waals surface area (Å²) >= 11 is 6.20. The molecule has 1 aromatic rings. The summed E-state index contributed by atoms with van der Waals surface area (Å²) < 4.78 is 2.58. The molecule has 1 saturated carbocycles. The Morgan fingerprint density at radius 2 is 2.05 bits per heavy atom. The molecule has 1 fully saturated rings. The zero-order chi connectivity index (χ0) is 15.4. The minimum Gasteiger partial charge on any atom is -0.310 e. The van der Waals surface area contributed by atoms with Crippen LogP contribution in [0.4, 0.5) is 0 Å². The van der Waals surface area contributed by atoms with Crippen LogP contribution in [0.15, 0.2) is 22.7 Å². The van der Waals surface area contributed by atoms with Gasteiger partial charge in [0.2, 0.25) is 0 Å². The van der Waals surface area contributed by atoms with Gasteiger partial charge in [0.05, 0.1) is 0 Å². The molecule has 1 aromatic carbocycles. The summed E-state index contributed by atoms with van der Waals surface area (Å²) in [5.41, 5.74) is 1.45. The third-order valence-electron chi connectivity index (χ3n) is 5.02. The summed E-state index contributed by atoms with van der Waals surface area (Å²) in [4.78, 5) is 0. The van der Waals surface area contributed by atoms with Crippen molar-refractivity contribution in [1.82, 2.24) is 5.32 Å². The fourth-order valence-corrected chi connectivity index (χ4v) is 4.48. The molecule has 1 N–H and O–H groups in total. The van der Waals surface area contributed by atoms with E-state index in [1.54, 1.807) is 0 Å². The van der Waals surface area contributed by atoms with Gasteiger partial charge in [0, 0.05) is 14.1 Å². The van der Waals surface area contributed by atoms with E-state index in [0.29, 0.717) is 6.04 Å². The zero-order valence-electron chi connectivity index (χ0n) is 13.3. The van der Waals surface area contributed by atoms with E-state index in [0.717, 1.165) is 24.3 Å². The lowest BCUT2D eigenvalue weighted by atomic mass is 9.72. The van der Waals surface area contributed by atoms with E-state index >= 15 is 0 Å². The molecule has 1 aliphatic rings. The Morgan fingerprint density at radius 3 is 2.71 bits per heavy atom. The maximum atomic E-state index is 3.83. The predicted molar refractivity (Wildman–Crippen MR) is 104 cm³/mol. The lowest BCUT2D eigenvalue weighted by Crippen LogP contribution is -2.34. The van der Waals surface area contributed by atoms with Crippen molar-refractivity contribution in [2.24, 2.45) is 17.8 Å². The Balaban J connectivity index is 2.23. The molecule has 0 saturated heterocycles. The fourth-order valence-electron chi connectivity index (χ4n) is 3.48. The number of hydrogen-bond donors (Lipinski definition) is 1. The first-order valence-corrected chi connectivity index (χ1v) is 10.1. The second-order valence-electron chi connectivity index (χ2n) is 6.63. The average molecular weight is 464 g/mol. The molecule has 0 spiro atoms. The number of halogens is 2. The molecule has 0 amide bonds. The first-order chi connectivity index (χ1) is 10.0. The van der Waals surface area contributed by atoms with Gasteiger partial charge in [-0.25, -0.2) is 0 Å². The third-order valence-corrected chi connectivity index (χ3v) is 6.41. The van der Waals surface area contributed by atoms with Crippen molar-refractivity contribution in [2.45, 2.75) is 52.5 Å². The van der Waals surface area contributed by atoms with Crippen LogP contribution in [0.5, 0.6) is 0 Å². The van der Waals surface area contributed by atoms with E-state index in [9.17, 15) is 0 Å². The van der Waals surface area contributed by atoms with E-state index in [-0.39, 0.29) is 0 Å². The standard InChI is InChI=1S/C18H27BrIN/c1-4-9-21-18(14-6-5-12(2)13(3)10-14)16-11-15(20)7-8-17(16)19/h7-8,11-14,18,21H,4-6,9-10H2,1-3H3. The second kappa shape index (κ2) is 8.30. The summed E-state index contributed by atoms with van der Waals surface area (Å²) in [5, 5.41) is 3.83. The first-order valence-electron chi connectivity index (χ1n) is 8.21. The number of rotatable bonds is 5. The van der Waals surface area contributed by atoms with E-state index in [2.05, 4.69) is 82.8 Å². The summed E-state index contributed by atoms with van der Waals surface area (Å²) in [6.45, 7) is 8.19. The van der Waals surface area contributed by atoms with Gasteiger partial charge in [0.15, 0.2) is 0 Å². The lowest BCUT2D eigenvalue weighted by Gasteiger charge is -2.37. The van der Waals surface area contributed by atoms with Gasteiger partial charge in [-0.15, -0.1) is 0 Å². The maximum Gasteiger partial charge on any atom is 0.0360 e. The molecule has 0 heterocycles. The van der Waals surface area contributed by atoms with Gasteiger partial charge in [-0.1, -0.05) is 43.1 Å². The van der Waals surface area contributed by atoms with E-state index in [1.807, 2.05) is 0 Å². The van der Waals surface area contributed by atoms with Crippen molar-refractivity contribution in [3.8, 4) is 0 Å². The SMILES string of the molecule is CCCNC(c1cc(I)ccc1Br)C1CCC(C)C(C)C1. The number of nitrogens with one attached hydrogen (secondary N) is 1. The van der Waals surface area contributed by atoms with E-state index in [4.69, 9.17) is 0 Å². The highest BCUT2D eigenvalue weighted by Gasteiger charge is 2.31. The molecule has 118 valence electrons. The second-order valence-corrected chi connectivity index (χ2v) is 8.73. The molecule has 0 bridgehead atoms. The smallest absolute Gasteiger partial charge is 0.0360 e. The van der Waals surface area contributed by atoms with Gasteiger partial charge < -0.3 is 5.32 Å². The molecule has 4 unspecified atom stereocenters. The van der Waals surface area contributed by atoms with Crippen molar-refractivity contribution in [3.63, 3.8) is 0 Å². The maximum absolute atomic E-state index is 3.83. The molecule has 21 heavy (non-hydrogen) atoms. The van der Waals surface area contributed by atoms with Gasteiger partial charge in [-0.05, 0) is 89.9 Å². The molecular weight excluding hydrogens is 437 g/mol. The molecule has 0 radical (unpaired) electrons. The first kappa shape index (κ1) is 17.7. The largest absolute Gasteiger partial charge is 0.310 e. The summed E-state index contributed by atoms with van der Waals surface area (Å²) in [5.74, 6) is 2.49. The van der Waals surface area contributed by atoms with E-state index in [1.165, 1.54) is 39.3 Å². The zero-order valence-corrected chi connectivity index (χ0v) is 17.1. The highest BCUT2D eigenvalue weighted by Crippen LogP contribution is 2.41.